The number of methoxy groups -OCH3 is 1. The van der Waals surface area contributed by atoms with Gasteiger partial charge in [0.2, 0.25) is 0 Å². The van der Waals surface area contributed by atoms with Crippen LogP contribution in [0.15, 0.2) is 12.4 Å². The average Bonchev–Trinajstić information content (AvgIpc) is 2.62. The van der Waals surface area contributed by atoms with E-state index in [1.807, 2.05) is 19.4 Å². The maximum atomic E-state index is 9.66. The fraction of sp³-hybridized carbons (Fsp3) is 0.727. The molecule has 1 N–H and O–H groups in total. The van der Waals surface area contributed by atoms with Crippen LogP contribution in [0.3, 0.4) is 0 Å². The van der Waals surface area contributed by atoms with Crippen LogP contribution in [0.4, 0.5) is 0 Å². The van der Waals surface area contributed by atoms with Gasteiger partial charge in [0.1, 0.15) is 0 Å². The number of ether oxygens (including phenoxy) is 1. The Balaban J connectivity index is 2.13. The molecule has 15 heavy (non-hydrogen) atoms. The summed E-state index contributed by atoms with van der Waals surface area (Å²) in [5, 5.41) is 13.7. The molecule has 4 heteroatoms. The highest BCUT2D eigenvalue weighted by Crippen LogP contribution is 2.07. The molecule has 0 spiro atoms. The largest absolute Gasteiger partial charge is 0.393 e. The van der Waals surface area contributed by atoms with E-state index in [-0.39, 0.29) is 6.10 Å². The molecule has 0 aliphatic heterocycles. The van der Waals surface area contributed by atoms with Crippen LogP contribution in [-0.4, -0.2) is 34.7 Å². The molecule has 0 aromatic carbocycles. The van der Waals surface area contributed by atoms with Crippen molar-refractivity contribution in [2.75, 3.05) is 13.7 Å². The molecule has 0 fully saturated rings. The highest BCUT2D eigenvalue weighted by Gasteiger charge is 2.05. The molecule has 0 aliphatic carbocycles. The Labute approximate surface area is 90.9 Å². The van der Waals surface area contributed by atoms with E-state index in [4.69, 9.17) is 4.74 Å². The molecular weight excluding hydrogens is 192 g/mol. The van der Waals surface area contributed by atoms with Gasteiger partial charge in [-0.15, -0.1) is 0 Å². The minimum absolute atomic E-state index is 0.222. The molecule has 1 aromatic heterocycles. The third kappa shape index (κ3) is 4.95. The van der Waals surface area contributed by atoms with Gasteiger partial charge in [-0.1, -0.05) is 0 Å². The van der Waals surface area contributed by atoms with E-state index < -0.39 is 0 Å². The standard InChI is InChI=1S/C11H20N2O2/c1-13-9-10(8-12-13)5-6-11(14)4-3-7-15-2/h8-9,11,14H,3-7H2,1-2H3. The number of aromatic nitrogens is 2. The second-order valence-electron chi connectivity index (χ2n) is 3.85. The zero-order valence-electron chi connectivity index (χ0n) is 9.52. The van der Waals surface area contributed by atoms with E-state index in [0.717, 1.165) is 32.3 Å². The SMILES string of the molecule is COCCCC(O)CCc1cnn(C)c1. The van der Waals surface area contributed by atoms with Crippen LogP contribution in [-0.2, 0) is 18.2 Å². The Morgan fingerprint density at radius 2 is 2.33 bits per heavy atom. The molecule has 0 saturated heterocycles. The van der Waals surface area contributed by atoms with Crippen LogP contribution in [0, 0.1) is 0 Å². The van der Waals surface area contributed by atoms with Crippen molar-refractivity contribution in [1.82, 2.24) is 9.78 Å². The zero-order valence-corrected chi connectivity index (χ0v) is 9.52. The quantitative estimate of drug-likeness (QED) is 0.689. The Morgan fingerprint density at radius 3 is 2.93 bits per heavy atom. The first-order chi connectivity index (χ1) is 7.22. The van der Waals surface area contributed by atoms with Crippen LogP contribution in [0.1, 0.15) is 24.8 Å². The van der Waals surface area contributed by atoms with Crippen LogP contribution >= 0.6 is 0 Å². The van der Waals surface area contributed by atoms with Gasteiger partial charge in [0.15, 0.2) is 0 Å². The van der Waals surface area contributed by atoms with Crippen molar-refractivity contribution in [3.63, 3.8) is 0 Å². The Morgan fingerprint density at radius 1 is 1.53 bits per heavy atom. The summed E-state index contributed by atoms with van der Waals surface area (Å²) in [4.78, 5) is 0. The minimum Gasteiger partial charge on any atom is -0.393 e. The van der Waals surface area contributed by atoms with Gasteiger partial charge in [0, 0.05) is 27.0 Å². The Hall–Kier alpha value is -0.870. The summed E-state index contributed by atoms with van der Waals surface area (Å²) in [5.74, 6) is 0. The molecule has 0 bridgehead atoms. The summed E-state index contributed by atoms with van der Waals surface area (Å²) in [6.07, 6.45) is 7.04. The first-order valence-corrected chi connectivity index (χ1v) is 5.37. The van der Waals surface area contributed by atoms with Gasteiger partial charge in [0.25, 0.3) is 0 Å². The van der Waals surface area contributed by atoms with Crippen molar-refractivity contribution < 1.29 is 9.84 Å². The summed E-state index contributed by atoms with van der Waals surface area (Å²) in [5.41, 5.74) is 1.18. The molecule has 86 valence electrons. The summed E-state index contributed by atoms with van der Waals surface area (Å²) in [7, 11) is 3.58. The number of nitrogens with zero attached hydrogens (tertiary/aromatic N) is 2. The molecule has 1 aromatic rings. The topological polar surface area (TPSA) is 47.3 Å². The van der Waals surface area contributed by atoms with Crippen LogP contribution in [0.5, 0.6) is 0 Å². The summed E-state index contributed by atoms with van der Waals surface area (Å²) in [6.45, 7) is 0.726. The van der Waals surface area contributed by atoms with Crippen molar-refractivity contribution in [2.45, 2.75) is 31.8 Å². The first kappa shape index (κ1) is 12.2. The van der Waals surface area contributed by atoms with Crippen molar-refractivity contribution in [3.8, 4) is 0 Å². The Bertz CT molecular complexity index is 273. The third-order valence-corrected chi connectivity index (χ3v) is 2.41. The Kier molecular flexibility index (Phi) is 5.36. The molecular formula is C11H20N2O2. The molecule has 0 saturated carbocycles. The lowest BCUT2D eigenvalue weighted by molar-refractivity contribution is 0.128. The lowest BCUT2D eigenvalue weighted by Gasteiger charge is -2.08. The van der Waals surface area contributed by atoms with Gasteiger partial charge < -0.3 is 9.84 Å². The first-order valence-electron chi connectivity index (χ1n) is 5.37. The molecule has 0 radical (unpaired) electrons. The number of aliphatic hydroxyl groups excluding tert-OH is 1. The second kappa shape index (κ2) is 6.58. The maximum absolute atomic E-state index is 9.66. The lowest BCUT2D eigenvalue weighted by atomic mass is 10.1. The summed E-state index contributed by atoms with van der Waals surface area (Å²) >= 11 is 0. The molecule has 1 rings (SSSR count). The molecule has 4 nitrogen and oxygen atoms in total. The van der Waals surface area contributed by atoms with Crippen molar-refractivity contribution >= 4 is 0 Å². The normalized spacial score (nSPS) is 13.0. The van der Waals surface area contributed by atoms with Crippen molar-refractivity contribution in [1.29, 1.82) is 0 Å². The number of hydrogen-bond donors (Lipinski definition) is 1. The van der Waals surface area contributed by atoms with Gasteiger partial charge in [0.05, 0.1) is 12.3 Å². The van der Waals surface area contributed by atoms with E-state index in [1.165, 1.54) is 5.56 Å². The zero-order chi connectivity index (χ0) is 11.1. The molecule has 1 heterocycles. The molecule has 0 amide bonds. The highest BCUT2D eigenvalue weighted by atomic mass is 16.5. The average molecular weight is 212 g/mol. The molecule has 1 atom stereocenters. The fourth-order valence-corrected chi connectivity index (χ4v) is 1.54. The van der Waals surface area contributed by atoms with Gasteiger partial charge in [-0.3, -0.25) is 4.68 Å². The van der Waals surface area contributed by atoms with Gasteiger partial charge in [-0.05, 0) is 31.2 Å². The number of aliphatic hydroxyl groups is 1. The van der Waals surface area contributed by atoms with Crippen LogP contribution in [0.2, 0.25) is 0 Å². The number of aryl methyl sites for hydroxylation is 2. The predicted octanol–water partition coefficient (Wildman–Crippen LogP) is 1.14. The molecule has 1 unspecified atom stereocenters. The monoisotopic (exact) mass is 212 g/mol. The van der Waals surface area contributed by atoms with Gasteiger partial charge >= 0.3 is 0 Å². The predicted molar refractivity (Wildman–Crippen MR) is 58.6 cm³/mol. The molecule has 0 aliphatic rings. The van der Waals surface area contributed by atoms with Crippen molar-refractivity contribution in [2.24, 2.45) is 7.05 Å². The lowest BCUT2D eigenvalue weighted by Crippen LogP contribution is -2.08. The van der Waals surface area contributed by atoms with Crippen LogP contribution in [0.25, 0.3) is 0 Å². The number of rotatable bonds is 7. The summed E-state index contributed by atoms with van der Waals surface area (Å²) in [6, 6.07) is 0. The summed E-state index contributed by atoms with van der Waals surface area (Å²) < 4.78 is 6.72. The van der Waals surface area contributed by atoms with Crippen LogP contribution < -0.4 is 0 Å². The van der Waals surface area contributed by atoms with Gasteiger partial charge in [-0.2, -0.15) is 5.10 Å². The second-order valence-corrected chi connectivity index (χ2v) is 3.85. The van der Waals surface area contributed by atoms with E-state index in [0.29, 0.717) is 0 Å². The van der Waals surface area contributed by atoms with E-state index in [2.05, 4.69) is 5.10 Å². The van der Waals surface area contributed by atoms with Gasteiger partial charge in [-0.25, -0.2) is 0 Å². The maximum Gasteiger partial charge on any atom is 0.0544 e. The third-order valence-electron chi connectivity index (χ3n) is 2.41. The fourth-order valence-electron chi connectivity index (χ4n) is 1.54. The van der Waals surface area contributed by atoms with E-state index in [9.17, 15) is 5.11 Å². The highest BCUT2D eigenvalue weighted by molar-refractivity contribution is 5.03. The van der Waals surface area contributed by atoms with E-state index in [1.54, 1.807) is 11.8 Å². The number of hydrogen-bond acceptors (Lipinski definition) is 3. The van der Waals surface area contributed by atoms with E-state index >= 15 is 0 Å². The van der Waals surface area contributed by atoms with Crippen molar-refractivity contribution in [3.05, 3.63) is 18.0 Å². The smallest absolute Gasteiger partial charge is 0.0544 e. The minimum atomic E-state index is -0.222.